The predicted octanol–water partition coefficient (Wildman–Crippen LogP) is 1.60. The van der Waals surface area contributed by atoms with Crippen molar-refractivity contribution in [1.82, 2.24) is 14.3 Å². The highest BCUT2D eigenvalue weighted by Crippen LogP contribution is 2.37. The molecule has 1 fully saturated rings. The van der Waals surface area contributed by atoms with Gasteiger partial charge in [0.05, 0.1) is 37.3 Å². The molecule has 0 spiro atoms. The predicted molar refractivity (Wildman–Crippen MR) is 130 cm³/mol. The minimum absolute atomic E-state index is 0.0198. The number of sulfonamides is 1. The molecule has 2 aliphatic rings. The minimum Gasteiger partial charge on any atom is -0.466 e. The summed E-state index contributed by atoms with van der Waals surface area (Å²) < 4.78 is 46.5. The molecule has 1 aliphatic heterocycles. The van der Waals surface area contributed by atoms with Crippen molar-refractivity contribution in [3.8, 4) is 0 Å². The number of hydrogen-bond donors (Lipinski definition) is 0. The van der Waals surface area contributed by atoms with E-state index < -0.39 is 71.3 Å². The van der Waals surface area contributed by atoms with Gasteiger partial charge in [0.15, 0.2) is 0 Å². The Morgan fingerprint density at radius 1 is 1.13 bits per heavy atom. The minimum atomic E-state index is -4.57. The molecule has 0 radical (unpaired) electrons. The fraction of sp³-hybridized carbons (Fsp3) is 0.522. The number of rotatable bonds is 10. The third-order valence-electron chi connectivity index (χ3n) is 5.49. The molecule has 0 N–H and O–H groups in total. The molecule has 38 heavy (non-hydrogen) atoms. The van der Waals surface area contributed by atoms with E-state index in [9.17, 15) is 32.4 Å². The summed E-state index contributed by atoms with van der Waals surface area (Å²) in [6.07, 6.45) is 0.446. The number of hydrazine groups is 1. The van der Waals surface area contributed by atoms with Gasteiger partial charge in [-0.3, -0.25) is 9.59 Å². The maximum atomic E-state index is 13.7. The lowest BCUT2D eigenvalue weighted by molar-refractivity contribution is -0.156. The summed E-state index contributed by atoms with van der Waals surface area (Å²) >= 11 is 0. The van der Waals surface area contributed by atoms with Gasteiger partial charge in [-0.15, -0.1) is 5.01 Å². The standard InChI is InChI=1S/C23H31N3O11S/c1-6-10-35-22(30)25(23(31)36-11-7-2)26(38(5,32)33)17-14-15(4)13-16(20(28)34-8-3)18(17)19(27)24-9-12-37-21(24)29/h6-7,14,16-18H,1-2,8-13H2,3-5H3/t16-,17+,18+/m1/s1. The van der Waals surface area contributed by atoms with Crippen LogP contribution in [-0.2, 0) is 38.6 Å². The molecule has 1 saturated heterocycles. The molecule has 0 aromatic rings. The molecule has 15 heteroatoms. The average Bonchev–Trinajstić information content (AvgIpc) is 3.28. The quantitative estimate of drug-likeness (QED) is 0.166. The van der Waals surface area contributed by atoms with Gasteiger partial charge in [0.1, 0.15) is 19.8 Å². The van der Waals surface area contributed by atoms with Crippen LogP contribution in [0.25, 0.3) is 0 Å². The number of allylic oxidation sites excluding steroid dienone is 1. The Hall–Kier alpha value is -3.72. The largest absolute Gasteiger partial charge is 0.466 e. The highest BCUT2D eigenvalue weighted by molar-refractivity contribution is 7.88. The fourth-order valence-electron chi connectivity index (χ4n) is 4.07. The second-order valence-electron chi connectivity index (χ2n) is 8.27. The molecular weight excluding hydrogens is 526 g/mol. The number of cyclic esters (lactones) is 1. The monoisotopic (exact) mass is 557 g/mol. The third-order valence-corrected chi connectivity index (χ3v) is 6.57. The number of esters is 1. The summed E-state index contributed by atoms with van der Waals surface area (Å²) in [5, 5.41) is 0.0763. The van der Waals surface area contributed by atoms with Crippen molar-refractivity contribution in [2.24, 2.45) is 11.8 Å². The lowest BCUT2D eigenvalue weighted by atomic mass is 9.76. The van der Waals surface area contributed by atoms with Crippen LogP contribution in [0.1, 0.15) is 20.3 Å². The van der Waals surface area contributed by atoms with Crippen LogP contribution in [0.4, 0.5) is 14.4 Å². The molecule has 0 aromatic carbocycles. The Bertz CT molecular complexity index is 1090. The summed E-state index contributed by atoms with van der Waals surface area (Å²) in [6.45, 7) is 8.83. The van der Waals surface area contributed by atoms with Crippen molar-refractivity contribution in [3.05, 3.63) is 37.0 Å². The van der Waals surface area contributed by atoms with E-state index in [1.165, 1.54) is 18.2 Å². The maximum absolute atomic E-state index is 13.7. The van der Waals surface area contributed by atoms with Gasteiger partial charge in [-0.25, -0.2) is 27.7 Å². The number of nitrogens with zero attached hydrogens (tertiary/aromatic N) is 3. The zero-order chi connectivity index (χ0) is 28.6. The van der Waals surface area contributed by atoms with Crippen molar-refractivity contribution in [3.63, 3.8) is 0 Å². The van der Waals surface area contributed by atoms with E-state index in [0.717, 1.165) is 4.90 Å². The van der Waals surface area contributed by atoms with Crippen LogP contribution in [-0.4, -0.2) is 98.2 Å². The molecule has 210 valence electrons. The number of hydrogen-bond acceptors (Lipinski definition) is 11. The Morgan fingerprint density at radius 2 is 1.71 bits per heavy atom. The first kappa shape index (κ1) is 30.5. The van der Waals surface area contributed by atoms with Gasteiger partial charge in [0.2, 0.25) is 15.9 Å². The van der Waals surface area contributed by atoms with E-state index in [2.05, 4.69) is 13.2 Å². The maximum Gasteiger partial charge on any atom is 0.435 e. The van der Waals surface area contributed by atoms with Crippen molar-refractivity contribution in [2.45, 2.75) is 26.3 Å². The Balaban J connectivity index is 2.75. The Morgan fingerprint density at radius 3 is 2.16 bits per heavy atom. The molecule has 2 rings (SSSR count). The van der Waals surface area contributed by atoms with Crippen LogP contribution in [0, 0.1) is 11.8 Å². The highest BCUT2D eigenvalue weighted by Gasteiger charge is 2.53. The van der Waals surface area contributed by atoms with Crippen molar-refractivity contribution >= 4 is 40.2 Å². The number of carbonyl (C=O) groups is 5. The van der Waals surface area contributed by atoms with Crippen LogP contribution in [0.2, 0.25) is 0 Å². The van der Waals surface area contributed by atoms with Crippen LogP contribution < -0.4 is 0 Å². The van der Waals surface area contributed by atoms with Crippen LogP contribution in [0.5, 0.6) is 0 Å². The zero-order valence-corrected chi connectivity index (χ0v) is 22.2. The lowest BCUT2D eigenvalue weighted by Crippen LogP contribution is -2.62. The molecule has 3 atom stereocenters. The van der Waals surface area contributed by atoms with Crippen molar-refractivity contribution in [1.29, 1.82) is 0 Å². The fourth-order valence-corrected chi connectivity index (χ4v) is 5.13. The second kappa shape index (κ2) is 13.2. The van der Waals surface area contributed by atoms with Gasteiger partial charge in [-0.2, -0.15) is 0 Å². The first-order valence-corrected chi connectivity index (χ1v) is 13.4. The van der Waals surface area contributed by atoms with Crippen molar-refractivity contribution < 1.29 is 51.3 Å². The van der Waals surface area contributed by atoms with E-state index >= 15 is 0 Å². The van der Waals surface area contributed by atoms with E-state index in [4.69, 9.17) is 18.9 Å². The lowest BCUT2D eigenvalue weighted by Gasteiger charge is -2.42. The summed E-state index contributed by atoms with van der Waals surface area (Å²) in [5.41, 5.74) is 0.452. The molecule has 14 nitrogen and oxygen atoms in total. The van der Waals surface area contributed by atoms with E-state index in [-0.39, 0.29) is 31.2 Å². The normalized spacial score (nSPS) is 21.2. The van der Waals surface area contributed by atoms with E-state index in [1.54, 1.807) is 13.8 Å². The molecule has 4 amide bonds. The first-order valence-electron chi connectivity index (χ1n) is 11.6. The molecule has 1 heterocycles. The third kappa shape index (κ3) is 6.98. The number of ether oxygens (including phenoxy) is 4. The van der Waals surface area contributed by atoms with Gasteiger partial charge in [0.25, 0.3) is 0 Å². The summed E-state index contributed by atoms with van der Waals surface area (Å²) in [6, 6.07) is -1.65. The van der Waals surface area contributed by atoms with E-state index in [1.807, 2.05) is 0 Å². The summed E-state index contributed by atoms with van der Waals surface area (Å²) in [5.74, 6) is -4.66. The molecule has 0 unspecified atom stereocenters. The Kier molecular flexibility index (Phi) is 10.6. The number of imide groups is 2. The summed E-state index contributed by atoms with van der Waals surface area (Å²) in [4.78, 5) is 65.5. The summed E-state index contributed by atoms with van der Waals surface area (Å²) in [7, 11) is -4.57. The zero-order valence-electron chi connectivity index (χ0n) is 21.4. The topological polar surface area (TPSA) is 166 Å². The average molecular weight is 558 g/mol. The number of amides is 4. The van der Waals surface area contributed by atoms with Crippen molar-refractivity contribution in [2.75, 3.05) is 39.2 Å². The molecular formula is C23H31N3O11S. The van der Waals surface area contributed by atoms with Crippen LogP contribution >= 0.6 is 0 Å². The Labute approximate surface area is 220 Å². The highest BCUT2D eigenvalue weighted by atomic mass is 32.2. The molecule has 0 aromatic heterocycles. The second-order valence-corrected chi connectivity index (χ2v) is 10.1. The van der Waals surface area contributed by atoms with Gasteiger partial charge in [-0.1, -0.05) is 41.4 Å². The van der Waals surface area contributed by atoms with E-state index in [0.29, 0.717) is 16.2 Å². The molecule has 0 bridgehead atoms. The first-order chi connectivity index (χ1) is 17.9. The van der Waals surface area contributed by atoms with Crippen LogP contribution in [0.3, 0.4) is 0 Å². The van der Waals surface area contributed by atoms with Gasteiger partial charge in [-0.05, 0) is 20.3 Å². The van der Waals surface area contributed by atoms with Gasteiger partial charge in [0, 0.05) is 0 Å². The van der Waals surface area contributed by atoms with Crippen LogP contribution in [0.15, 0.2) is 37.0 Å². The number of carbonyl (C=O) groups excluding carboxylic acids is 5. The molecule has 1 aliphatic carbocycles. The van der Waals surface area contributed by atoms with Gasteiger partial charge < -0.3 is 18.9 Å². The SMILES string of the molecule is C=CCOC(=O)N(C(=O)OCC=C)N([C@H]1C=C(C)C[C@@H](C(=O)OCC)[C@@H]1C(=O)N1CCOC1=O)S(C)(=O)=O. The van der Waals surface area contributed by atoms with Gasteiger partial charge >= 0.3 is 24.2 Å². The smallest absolute Gasteiger partial charge is 0.435 e. The molecule has 0 saturated carbocycles.